The first-order valence-electron chi connectivity index (χ1n) is 2.19. The van der Waals surface area contributed by atoms with E-state index in [1.54, 1.807) is 0 Å². The SMILES string of the molecule is O=C(O)/C(=C\O)OP(=O)(O)O. The Morgan fingerprint density at radius 2 is 1.91 bits per heavy atom. The lowest BCUT2D eigenvalue weighted by molar-refractivity contribution is -0.135. The second kappa shape index (κ2) is 3.38. The smallest absolute Gasteiger partial charge is 0.511 e. The highest BCUT2D eigenvalue weighted by Crippen LogP contribution is 2.38. The Morgan fingerprint density at radius 1 is 1.45 bits per heavy atom. The van der Waals surface area contributed by atoms with E-state index in [0.29, 0.717) is 0 Å². The van der Waals surface area contributed by atoms with Crippen LogP contribution in [0.1, 0.15) is 0 Å². The summed E-state index contributed by atoms with van der Waals surface area (Å²) in [7, 11) is -4.90. The average molecular weight is 184 g/mol. The van der Waals surface area contributed by atoms with Gasteiger partial charge in [0.15, 0.2) is 0 Å². The number of carboxylic acids is 1. The van der Waals surface area contributed by atoms with Gasteiger partial charge in [-0.3, -0.25) is 9.79 Å². The molecule has 0 aliphatic rings. The Labute approximate surface area is 60.8 Å². The van der Waals surface area contributed by atoms with Crippen molar-refractivity contribution in [2.24, 2.45) is 0 Å². The standard InChI is InChI=1S/C3H5O7P/c4-1-2(3(5)6)10-11(7,8)9/h1,4H,(H,5,6)(H2,7,8,9)/b2-1+. The minimum Gasteiger partial charge on any atom is -0.511 e. The van der Waals surface area contributed by atoms with Crippen molar-refractivity contribution in [1.82, 2.24) is 0 Å². The number of aliphatic hydroxyl groups excluding tert-OH is 1. The number of rotatable bonds is 3. The van der Waals surface area contributed by atoms with Crippen molar-refractivity contribution in [3.8, 4) is 0 Å². The van der Waals surface area contributed by atoms with Crippen LogP contribution >= 0.6 is 7.82 Å². The number of aliphatic carboxylic acids is 1. The molecule has 0 spiro atoms. The van der Waals surface area contributed by atoms with E-state index in [1.807, 2.05) is 0 Å². The summed E-state index contributed by atoms with van der Waals surface area (Å²) in [6.45, 7) is 0. The van der Waals surface area contributed by atoms with E-state index in [1.165, 1.54) is 0 Å². The van der Waals surface area contributed by atoms with E-state index in [4.69, 9.17) is 20.0 Å². The summed E-state index contributed by atoms with van der Waals surface area (Å²) < 4.78 is 13.5. The largest absolute Gasteiger partial charge is 0.525 e. The fourth-order valence-electron chi connectivity index (χ4n) is 0.246. The Hall–Kier alpha value is -1.04. The lowest BCUT2D eigenvalue weighted by atomic mass is 10.6. The first kappa shape index (κ1) is 9.96. The molecule has 0 saturated heterocycles. The second-order valence-electron chi connectivity index (χ2n) is 1.38. The number of hydrogen-bond acceptors (Lipinski definition) is 4. The summed E-state index contributed by atoms with van der Waals surface area (Å²) in [5.41, 5.74) is 0. The summed E-state index contributed by atoms with van der Waals surface area (Å²) in [5, 5.41) is 16.1. The topological polar surface area (TPSA) is 124 Å². The van der Waals surface area contributed by atoms with Gasteiger partial charge in [0.1, 0.15) is 6.26 Å². The molecule has 0 saturated carbocycles. The predicted molar refractivity (Wildman–Crippen MR) is 31.5 cm³/mol. The van der Waals surface area contributed by atoms with Crippen LogP contribution in [0.15, 0.2) is 12.0 Å². The molecule has 0 fully saturated rings. The molecule has 0 aliphatic carbocycles. The van der Waals surface area contributed by atoms with E-state index in [0.717, 1.165) is 0 Å². The summed E-state index contributed by atoms with van der Waals surface area (Å²) in [4.78, 5) is 26.0. The molecule has 0 bridgehead atoms. The molecule has 7 nitrogen and oxygen atoms in total. The van der Waals surface area contributed by atoms with E-state index in [9.17, 15) is 9.36 Å². The van der Waals surface area contributed by atoms with Gasteiger partial charge in [-0.1, -0.05) is 0 Å². The van der Waals surface area contributed by atoms with E-state index >= 15 is 0 Å². The van der Waals surface area contributed by atoms with Crippen molar-refractivity contribution in [3.63, 3.8) is 0 Å². The summed E-state index contributed by atoms with van der Waals surface area (Å²) in [6.07, 6.45) is -0.0541. The Bertz CT molecular complexity index is 224. The summed E-state index contributed by atoms with van der Waals surface area (Å²) >= 11 is 0. The van der Waals surface area contributed by atoms with Gasteiger partial charge in [0.25, 0.3) is 0 Å². The molecule has 0 aromatic carbocycles. The maximum absolute atomic E-state index is 9.96. The van der Waals surface area contributed by atoms with Crippen molar-refractivity contribution in [2.75, 3.05) is 0 Å². The first-order valence-corrected chi connectivity index (χ1v) is 3.72. The van der Waals surface area contributed by atoms with Crippen molar-refractivity contribution in [3.05, 3.63) is 12.0 Å². The van der Waals surface area contributed by atoms with Gasteiger partial charge in [-0.2, -0.15) is 0 Å². The van der Waals surface area contributed by atoms with Crippen molar-refractivity contribution in [1.29, 1.82) is 0 Å². The summed E-state index contributed by atoms with van der Waals surface area (Å²) in [5.74, 6) is -2.98. The minimum absolute atomic E-state index is 0.0541. The molecule has 0 atom stereocenters. The molecule has 64 valence electrons. The molecular weight excluding hydrogens is 179 g/mol. The number of carboxylic acid groups (broad SMARTS) is 1. The molecule has 4 N–H and O–H groups in total. The van der Waals surface area contributed by atoms with Crippen LogP contribution in [-0.2, 0) is 13.9 Å². The van der Waals surface area contributed by atoms with Crippen LogP contribution in [0.25, 0.3) is 0 Å². The first-order chi connectivity index (χ1) is 4.87. The molecule has 0 radical (unpaired) electrons. The van der Waals surface area contributed by atoms with Gasteiger partial charge >= 0.3 is 13.8 Å². The quantitative estimate of drug-likeness (QED) is 0.266. The lowest BCUT2D eigenvalue weighted by Gasteiger charge is -2.04. The van der Waals surface area contributed by atoms with Gasteiger partial charge in [-0.05, 0) is 0 Å². The zero-order valence-electron chi connectivity index (χ0n) is 5.04. The molecule has 8 heteroatoms. The normalized spacial score (nSPS) is 12.7. The zero-order chi connectivity index (χ0) is 9.07. The van der Waals surface area contributed by atoms with Gasteiger partial charge in [-0.15, -0.1) is 0 Å². The maximum Gasteiger partial charge on any atom is 0.525 e. The molecular formula is C3H5O7P. The third-order valence-electron chi connectivity index (χ3n) is 0.545. The molecule has 0 heterocycles. The predicted octanol–water partition coefficient (Wildman–Crippen LogP) is -0.420. The number of aliphatic hydroxyl groups is 1. The number of hydrogen-bond donors (Lipinski definition) is 4. The molecule has 11 heavy (non-hydrogen) atoms. The van der Waals surface area contributed by atoms with Crippen LogP contribution < -0.4 is 0 Å². The highest BCUT2D eigenvalue weighted by atomic mass is 31.2. The Kier molecular flexibility index (Phi) is 3.06. The molecule has 0 unspecified atom stereocenters. The second-order valence-corrected chi connectivity index (χ2v) is 2.54. The molecule has 0 rings (SSSR count). The zero-order valence-corrected chi connectivity index (χ0v) is 5.93. The van der Waals surface area contributed by atoms with Crippen molar-refractivity contribution < 1.29 is 33.9 Å². The van der Waals surface area contributed by atoms with E-state index in [-0.39, 0.29) is 6.26 Å². The molecule has 0 aliphatic heterocycles. The van der Waals surface area contributed by atoms with Crippen LogP contribution in [0.5, 0.6) is 0 Å². The third-order valence-corrected chi connectivity index (χ3v) is 0.980. The Balaban J connectivity index is 4.37. The Morgan fingerprint density at radius 3 is 2.00 bits per heavy atom. The fourth-order valence-corrected chi connectivity index (χ4v) is 0.627. The number of phosphoric acid groups is 1. The average Bonchev–Trinajstić information content (AvgIpc) is 1.80. The van der Waals surface area contributed by atoms with Crippen LogP contribution in [0.2, 0.25) is 0 Å². The monoisotopic (exact) mass is 184 g/mol. The maximum atomic E-state index is 9.96. The molecule has 0 aromatic heterocycles. The number of phosphoric ester groups is 1. The van der Waals surface area contributed by atoms with Crippen LogP contribution in [0.3, 0.4) is 0 Å². The lowest BCUT2D eigenvalue weighted by Crippen LogP contribution is -2.03. The van der Waals surface area contributed by atoms with Crippen molar-refractivity contribution in [2.45, 2.75) is 0 Å². The molecule has 0 aromatic rings. The highest BCUT2D eigenvalue weighted by Gasteiger charge is 2.22. The summed E-state index contributed by atoms with van der Waals surface area (Å²) in [6, 6.07) is 0. The minimum atomic E-state index is -4.90. The van der Waals surface area contributed by atoms with Crippen LogP contribution in [0, 0.1) is 0 Å². The van der Waals surface area contributed by atoms with Gasteiger partial charge in [0.05, 0.1) is 0 Å². The number of carbonyl (C=O) groups is 1. The van der Waals surface area contributed by atoms with E-state index < -0.39 is 19.6 Å². The fraction of sp³-hybridized carbons (Fsp3) is 0. The van der Waals surface area contributed by atoms with Gasteiger partial charge in [-0.25, -0.2) is 9.36 Å². The van der Waals surface area contributed by atoms with Gasteiger partial charge in [0.2, 0.25) is 5.76 Å². The molecule has 0 amide bonds. The van der Waals surface area contributed by atoms with Crippen LogP contribution in [0.4, 0.5) is 0 Å². The third kappa shape index (κ3) is 4.38. The highest BCUT2D eigenvalue weighted by molar-refractivity contribution is 7.46. The van der Waals surface area contributed by atoms with Gasteiger partial charge in [0, 0.05) is 0 Å². The van der Waals surface area contributed by atoms with Crippen LogP contribution in [-0.4, -0.2) is 26.0 Å². The van der Waals surface area contributed by atoms with Gasteiger partial charge < -0.3 is 14.7 Å². The van der Waals surface area contributed by atoms with E-state index in [2.05, 4.69) is 4.52 Å². The van der Waals surface area contributed by atoms with Crippen molar-refractivity contribution >= 4 is 13.8 Å².